The highest BCUT2D eigenvalue weighted by Gasteiger charge is 2.35. The second-order valence-electron chi connectivity index (χ2n) is 11.0. The summed E-state index contributed by atoms with van der Waals surface area (Å²) in [5, 5.41) is 4.01. The molecule has 4 aromatic carbocycles. The minimum atomic E-state index is -4.26. The number of hydrogen-bond donors (Lipinski definition) is 1. The maximum atomic E-state index is 14.6. The van der Waals surface area contributed by atoms with E-state index in [1.54, 1.807) is 36.4 Å². The number of halogens is 3. The molecule has 1 N–H and O–H groups in total. The maximum absolute atomic E-state index is 14.6. The Morgan fingerprint density at radius 2 is 1.48 bits per heavy atom. The molecule has 0 heterocycles. The Labute approximate surface area is 286 Å². The van der Waals surface area contributed by atoms with Crippen molar-refractivity contribution >= 4 is 62.3 Å². The zero-order chi connectivity index (χ0) is 33.4. The summed E-state index contributed by atoms with van der Waals surface area (Å²) < 4.78 is 29.4. The van der Waals surface area contributed by atoms with Crippen LogP contribution >= 0.6 is 34.8 Å². The summed E-state index contributed by atoms with van der Waals surface area (Å²) in [5.41, 5.74) is 2.36. The molecule has 2 amide bonds. The van der Waals surface area contributed by atoms with Crippen molar-refractivity contribution in [1.82, 2.24) is 10.2 Å². The zero-order valence-electron chi connectivity index (χ0n) is 25.8. The quantitative estimate of drug-likeness (QED) is 0.155. The number of amides is 2. The highest BCUT2D eigenvalue weighted by molar-refractivity contribution is 7.92. The van der Waals surface area contributed by atoms with Crippen LogP contribution in [0.15, 0.2) is 102 Å². The van der Waals surface area contributed by atoms with E-state index in [0.717, 1.165) is 15.4 Å². The molecule has 2 atom stereocenters. The number of nitrogens with zero attached hydrogens (tertiary/aromatic N) is 2. The molecule has 0 saturated heterocycles. The topological polar surface area (TPSA) is 86.8 Å². The van der Waals surface area contributed by atoms with E-state index in [9.17, 15) is 18.0 Å². The lowest BCUT2D eigenvalue weighted by molar-refractivity contribution is -0.140. The van der Waals surface area contributed by atoms with Gasteiger partial charge >= 0.3 is 0 Å². The molecule has 0 spiro atoms. The predicted octanol–water partition coefficient (Wildman–Crippen LogP) is 7.71. The van der Waals surface area contributed by atoms with Gasteiger partial charge in [0.05, 0.1) is 10.6 Å². The summed E-state index contributed by atoms with van der Waals surface area (Å²) in [5.74, 6) is -0.993. The van der Waals surface area contributed by atoms with Crippen molar-refractivity contribution in [2.24, 2.45) is 0 Å². The number of aryl methyl sites for hydroxylation is 1. The van der Waals surface area contributed by atoms with E-state index in [0.29, 0.717) is 32.7 Å². The second kappa shape index (κ2) is 15.8. The highest BCUT2D eigenvalue weighted by Crippen LogP contribution is 2.29. The normalized spacial score (nSPS) is 12.7. The molecule has 4 rings (SSSR count). The first-order chi connectivity index (χ1) is 21.9. The van der Waals surface area contributed by atoms with Gasteiger partial charge in [-0.2, -0.15) is 0 Å². The van der Waals surface area contributed by atoms with Gasteiger partial charge in [0.25, 0.3) is 10.0 Å². The predicted molar refractivity (Wildman–Crippen MR) is 186 cm³/mol. The Morgan fingerprint density at radius 3 is 2.09 bits per heavy atom. The minimum absolute atomic E-state index is 0.0396. The van der Waals surface area contributed by atoms with Gasteiger partial charge < -0.3 is 10.2 Å². The molecular formula is C35H36Cl3N3O4S. The average molecular weight is 701 g/mol. The fourth-order valence-electron chi connectivity index (χ4n) is 4.89. The van der Waals surface area contributed by atoms with Crippen LogP contribution in [0.2, 0.25) is 15.1 Å². The van der Waals surface area contributed by atoms with Crippen molar-refractivity contribution in [3.8, 4) is 0 Å². The number of sulfonamides is 1. The van der Waals surface area contributed by atoms with Gasteiger partial charge in [0.1, 0.15) is 12.6 Å². The van der Waals surface area contributed by atoms with Crippen molar-refractivity contribution in [2.45, 2.75) is 57.1 Å². The number of rotatable bonds is 13. The Bertz CT molecular complexity index is 1750. The Kier molecular flexibility index (Phi) is 12.1. The van der Waals surface area contributed by atoms with E-state index in [2.05, 4.69) is 5.32 Å². The molecule has 0 saturated carbocycles. The molecule has 7 nitrogen and oxygen atoms in total. The first-order valence-electron chi connectivity index (χ1n) is 14.8. The molecule has 46 heavy (non-hydrogen) atoms. The van der Waals surface area contributed by atoms with Crippen molar-refractivity contribution in [2.75, 3.05) is 10.8 Å². The Morgan fingerprint density at radius 1 is 0.848 bits per heavy atom. The van der Waals surface area contributed by atoms with E-state index in [-0.39, 0.29) is 29.8 Å². The second-order valence-corrected chi connectivity index (χ2v) is 14.2. The van der Waals surface area contributed by atoms with Crippen LogP contribution in [0.5, 0.6) is 0 Å². The third-order valence-corrected chi connectivity index (χ3v) is 10.4. The van der Waals surface area contributed by atoms with Gasteiger partial charge in [-0.1, -0.05) is 90.3 Å². The van der Waals surface area contributed by atoms with Crippen LogP contribution in [-0.2, 0) is 32.6 Å². The number of anilines is 1. The highest BCUT2D eigenvalue weighted by atomic mass is 35.5. The number of nitrogens with one attached hydrogen (secondary N) is 1. The Hall–Kier alpha value is -3.56. The van der Waals surface area contributed by atoms with E-state index in [1.165, 1.54) is 29.2 Å². The van der Waals surface area contributed by atoms with Gasteiger partial charge in [0.2, 0.25) is 11.8 Å². The number of carbonyl (C=O) groups excluding carboxylic acids is 2. The van der Waals surface area contributed by atoms with Crippen molar-refractivity contribution in [1.29, 1.82) is 0 Å². The fourth-order valence-corrected chi connectivity index (χ4v) is 6.94. The molecule has 0 aromatic heterocycles. The van der Waals surface area contributed by atoms with E-state index >= 15 is 0 Å². The van der Waals surface area contributed by atoms with Gasteiger partial charge in [0, 0.05) is 39.6 Å². The first-order valence-corrected chi connectivity index (χ1v) is 17.4. The maximum Gasteiger partial charge on any atom is 0.264 e. The summed E-state index contributed by atoms with van der Waals surface area (Å²) in [6.45, 7) is 4.93. The van der Waals surface area contributed by atoms with Gasteiger partial charge in [-0.25, -0.2) is 8.42 Å². The minimum Gasteiger partial charge on any atom is -0.352 e. The van der Waals surface area contributed by atoms with Crippen molar-refractivity contribution in [3.63, 3.8) is 0 Å². The molecule has 0 aliphatic rings. The standard InChI is InChI=1S/C35H36Cl3N3O4S/c1-4-25(3)39-35(43)33(21-26-11-6-5-7-12-26)40(22-30-31(37)14-9-15-32(30)38)34(42)23-41(28-13-8-10-24(2)20-28)46(44,45)29-18-16-27(36)17-19-29/h5-20,25,33H,4,21-23H2,1-3H3,(H,39,43)/t25-,33+/m0/s1. The van der Waals surface area contributed by atoms with Crippen LogP contribution in [0.3, 0.4) is 0 Å². The molecule has 0 unspecified atom stereocenters. The smallest absolute Gasteiger partial charge is 0.264 e. The average Bonchev–Trinajstić information content (AvgIpc) is 3.03. The molecule has 11 heteroatoms. The molecular weight excluding hydrogens is 665 g/mol. The third kappa shape index (κ3) is 8.82. The molecule has 0 radical (unpaired) electrons. The molecule has 0 bridgehead atoms. The van der Waals surface area contributed by atoms with Gasteiger partial charge in [-0.05, 0) is 79.9 Å². The lowest BCUT2D eigenvalue weighted by Crippen LogP contribution is -2.54. The summed E-state index contributed by atoms with van der Waals surface area (Å²) in [6, 6.07) is 25.7. The SMILES string of the molecule is CC[C@H](C)NC(=O)[C@@H](Cc1ccccc1)N(Cc1c(Cl)cccc1Cl)C(=O)CN(c1cccc(C)c1)S(=O)(=O)c1ccc(Cl)cc1. The number of hydrogen-bond acceptors (Lipinski definition) is 4. The molecule has 0 fully saturated rings. The first kappa shape index (κ1) is 35.3. The van der Waals surface area contributed by atoms with Crippen LogP contribution in [0.1, 0.15) is 37.0 Å². The molecule has 242 valence electrons. The largest absolute Gasteiger partial charge is 0.352 e. The fraction of sp³-hybridized carbons (Fsp3) is 0.257. The monoisotopic (exact) mass is 699 g/mol. The van der Waals surface area contributed by atoms with Crippen molar-refractivity contribution in [3.05, 3.63) is 129 Å². The Balaban J connectivity index is 1.84. The molecule has 0 aliphatic heterocycles. The number of benzene rings is 4. The zero-order valence-corrected chi connectivity index (χ0v) is 28.9. The van der Waals surface area contributed by atoms with E-state index < -0.39 is 28.5 Å². The third-order valence-electron chi connectivity index (χ3n) is 7.63. The number of carbonyl (C=O) groups is 2. The molecule has 4 aromatic rings. The van der Waals surface area contributed by atoms with Crippen LogP contribution < -0.4 is 9.62 Å². The molecule has 0 aliphatic carbocycles. The lowest BCUT2D eigenvalue weighted by Gasteiger charge is -2.34. The summed E-state index contributed by atoms with van der Waals surface area (Å²) in [6.07, 6.45) is 0.847. The van der Waals surface area contributed by atoms with Gasteiger partial charge in [-0.15, -0.1) is 0 Å². The van der Waals surface area contributed by atoms with Gasteiger partial charge in [-0.3, -0.25) is 13.9 Å². The summed E-state index contributed by atoms with van der Waals surface area (Å²) in [4.78, 5) is 29.9. The summed E-state index contributed by atoms with van der Waals surface area (Å²) >= 11 is 19.2. The summed E-state index contributed by atoms with van der Waals surface area (Å²) in [7, 11) is -4.26. The van der Waals surface area contributed by atoms with Crippen LogP contribution in [0.25, 0.3) is 0 Å². The van der Waals surface area contributed by atoms with Crippen LogP contribution in [0, 0.1) is 6.92 Å². The van der Waals surface area contributed by atoms with Gasteiger partial charge in [0.15, 0.2) is 0 Å². The van der Waals surface area contributed by atoms with E-state index in [1.807, 2.05) is 57.2 Å². The van der Waals surface area contributed by atoms with Crippen molar-refractivity contribution < 1.29 is 18.0 Å². The van der Waals surface area contributed by atoms with Crippen LogP contribution in [-0.4, -0.2) is 43.8 Å². The van der Waals surface area contributed by atoms with Crippen LogP contribution in [0.4, 0.5) is 5.69 Å². The lowest BCUT2D eigenvalue weighted by atomic mass is 10.0. The van der Waals surface area contributed by atoms with E-state index in [4.69, 9.17) is 34.8 Å².